The Morgan fingerprint density at radius 3 is 2.59 bits per heavy atom. The number of rotatable bonds is 10. The molecule has 0 aliphatic carbocycles. The lowest BCUT2D eigenvalue weighted by Crippen LogP contribution is -2.49. The van der Waals surface area contributed by atoms with Gasteiger partial charge >= 0.3 is 0 Å². The molecule has 0 bridgehead atoms. The number of pyridine rings is 1. The average molecular weight is 574 g/mol. The number of benzene rings is 1. The van der Waals surface area contributed by atoms with Crippen molar-refractivity contribution in [3.05, 3.63) is 59.4 Å². The van der Waals surface area contributed by atoms with E-state index in [1.165, 1.54) is 7.11 Å². The van der Waals surface area contributed by atoms with Crippen LogP contribution in [0.3, 0.4) is 0 Å². The number of nitrogens with one attached hydrogen (secondary N) is 1. The van der Waals surface area contributed by atoms with Crippen molar-refractivity contribution in [1.82, 2.24) is 24.8 Å². The highest BCUT2D eigenvalue weighted by Crippen LogP contribution is 2.38. The van der Waals surface area contributed by atoms with E-state index in [1.807, 2.05) is 35.2 Å². The first kappa shape index (κ1) is 28.4. The van der Waals surface area contributed by atoms with Crippen molar-refractivity contribution in [3.8, 4) is 27.6 Å². The lowest BCUT2D eigenvalue weighted by Gasteiger charge is -2.35. The van der Waals surface area contributed by atoms with Gasteiger partial charge in [0.25, 0.3) is 0 Å². The van der Waals surface area contributed by atoms with Gasteiger partial charge < -0.3 is 24.6 Å². The first-order valence-electron chi connectivity index (χ1n) is 13.7. The number of carbonyl (C=O) groups is 1. The molecule has 41 heavy (non-hydrogen) atoms. The average Bonchev–Trinajstić information content (AvgIpc) is 3.42. The van der Waals surface area contributed by atoms with E-state index in [0.717, 1.165) is 75.6 Å². The number of hydrogen-bond donors (Lipinski definition) is 1. The molecule has 3 aromatic heterocycles. The minimum atomic E-state index is 0.0209. The van der Waals surface area contributed by atoms with Gasteiger partial charge in [-0.15, -0.1) is 11.3 Å². The molecule has 10 nitrogen and oxygen atoms in total. The predicted molar refractivity (Wildman–Crippen MR) is 162 cm³/mol. The zero-order valence-corrected chi connectivity index (χ0v) is 24.7. The summed E-state index contributed by atoms with van der Waals surface area (Å²) in [7, 11) is 3.22. The van der Waals surface area contributed by atoms with Crippen molar-refractivity contribution in [1.29, 1.82) is 0 Å². The Hall–Kier alpha value is -4.09. The second-order valence-electron chi connectivity index (χ2n) is 9.87. The molecule has 0 spiro atoms. The normalized spacial score (nSPS) is 13.4. The maximum atomic E-state index is 12.1. The van der Waals surface area contributed by atoms with Gasteiger partial charge in [-0.05, 0) is 61.7 Å². The minimum absolute atomic E-state index is 0.0209. The van der Waals surface area contributed by atoms with E-state index in [1.54, 1.807) is 30.8 Å². The largest absolute Gasteiger partial charge is 0.497 e. The number of aromatic nitrogens is 4. The van der Waals surface area contributed by atoms with Crippen LogP contribution in [0.4, 0.5) is 17.5 Å². The smallest absolute Gasteiger partial charge is 0.248 e. The standard InChI is InChI=1S/C30H35N7O3S/c1-5-6-26-35-28(21-15-20(2)16-23(17-21)40-4)29(41-26)24-9-10-31-30(34-24)33-22-7-8-25(32-18-22)36-11-13-37(14-12-36)27(38)19-39-3/h7-10,15-18H,5-6,11-14,19H2,1-4H3,(H,31,33,34). The van der Waals surface area contributed by atoms with Gasteiger partial charge in [-0.2, -0.15) is 0 Å². The minimum Gasteiger partial charge on any atom is -0.497 e. The van der Waals surface area contributed by atoms with E-state index in [2.05, 4.69) is 40.1 Å². The molecule has 214 valence electrons. The number of thiazole rings is 1. The lowest BCUT2D eigenvalue weighted by molar-refractivity contribution is -0.135. The zero-order valence-electron chi connectivity index (χ0n) is 23.9. The van der Waals surface area contributed by atoms with Crippen LogP contribution in [-0.4, -0.2) is 77.7 Å². The third kappa shape index (κ3) is 6.80. The maximum absolute atomic E-state index is 12.1. The highest BCUT2D eigenvalue weighted by Gasteiger charge is 2.22. The Labute approximate surface area is 244 Å². The number of methoxy groups -OCH3 is 2. The molecule has 0 unspecified atom stereocenters. The van der Waals surface area contributed by atoms with Gasteiger partial charge in [-0.25, -0.2) is 19.9 Å². The number of carbonyl (C=O) groups excluding carboxylic acids is 1. The molecule has 1 amide bonds. The summed E-state index contributed by atoms with van der Waals surface area (Å²) in [6.07, 6.45) is 5.47. The van der Waals surface area contributed by atoms with Crippen LogP contribution < -0.4 is 15.0 Å². The molecule has 1 aromatic carbocycles. The van der Waals surface area contributed by atoms with Crippen molar-refractivity contribution in [2.75, 3.05) is 57.2 Å². The summed E-state index contributed by atoms with van der Waals surface area (Å²) in [5.74, 6) is 2.18. The second kappa shape index (κ2) is 13.0. The molecule has 4 aromatic rings. The number of nitrogens with zero attached hydrogens (tertiary/aromatic N) is 6. The van der Waals surface area contributed by atoms with Crippen molar-refractivity contribution in [2.45, 2.75) is 26.7 Å². The molecule has 1 fully saturated rings. The summed E-state index contributed by atoms with van der Waals surface area (Å²) in [4.78, 5) is 36.0. The Bertz CT molecular complexity index is 1480. The van der Waals surface area contributed by atoms with Gasteiger partial charge in [0, 0.05) is 45.0 Å². The molecule has 0 atom stereocenters. The molecule has 1 aliphatic heterocycles. The molecule has 0 saturated carbocycles. The molecule has 5 rings (SSSR count). The van der Waals surface area contributed by atoms with Gasteiger partial charge in [-0.3, -0.25) is 4.79 Å². The SMILES string of the molecule is CCCc1nc(-c2cc(C)cc(OC)c2)c(-c2ccnc(Nc3ccc(N4CCN(C(=O)COC)CC4)nc3)n2)s1. The molecule has 1 aliphatic rings. The summed E-state index contributed by atoms with van der Waals surface area (Å²) >= 11 is 1.67. The van der Waals surface area contributed by atoms with Crippen molar-refractivity contribution >= 4 is 34.7 Å². The van der Waals surface area contributed by atoms with Gasteiger partial charge in [0.1, 0.15) is 18.2 Å². The Morgan fingerprint density at radius 1 is 1.05 bits per heavy atom. The number of ether oxygens (including phenoxy) is 2. The number of piperazine rings is 1. The maximum Gasteiger partial charge on any atom is 0.248 e. The summed E-state index contributed by atoms with van der Waals surface area (Å²) in [6.45, 7) is 7.09. The molecule has 1 saturated heterocycles. The molecule has 0 radical (unpaired) electrons. The molecule has 4 heterocycles. The van der Waals surface area contributed by atoms with Crippen LogP contribution in [0.2, 0.25) is 0 Å². The van der Waals surface area contributed by atoms with E-state index >= 15 is 0 Å². The Morgan fingerprint density at radius 2 is 1.88 bits per heavy atom. The van der Waals surface area contributed by atoms with Crippen molar-refractivity contribution in [3.63, 3.8) is 0 Å². The van der Waals surface area contributed by atoms with Crippen LogP contribution in [0.5, 0.6) is 5.75 Å². The number of hydrogen-bond acceptors (Lipinski definition) is 10. The zero-order chi connectivity index (χ0) is 28.8. The van der Waals surface area contributed by atoms with Crippen LogP contribution in [0.25, 0.3) is 21.8 Å². The van der Waals surface area contributed by atoms with E-state index in [-0.39, 0.29) is 12.5 Å². The fourth-order valence-corrected chi connectivity index (χ4v) is 5.94. The molecule has 11 heteroatoms. The van der Waals surface area contributed by atoms with Crippen LogP contribution in [0, 0.1) is 6.92 Å². The molecule has 1 N–H and O–H groups in total. The summed E-state index contributed by atoms with van der Waals surface area (Å²) < 4.78 is 10.5. The van der Waals surface area contributed by atoms with Crippen LogP contribution in [-0.2, 0) is 16.0 Å². The van der Waals surface area contributed by atoms with E-state index in [0.29, 0.717) is 19.0 Å². The van der Waals surface area contributed by atoms with Gasteiger partial charge in [0.05, 0.1) is 40.3 Å². The van der Waals surface area contributed by atoms with Gasteiger partial charge in [0.15, 0.2) is 0 Å². The van der Waals surface area contributed by atoms with Gasteiger partial charge in [-0.1, -0.05) is 6.92 Å². The third-order valence-corrected chi connectivity index (χ3v) is 7.95. The number of anilines is 3. The Balaban J connectivity index is 1.33. The highest BCUT2D eigenvalue weighted by molar-refractivity contribution is 7.15. The summed E-state index contributed by atoms with van der Waals surface area (Å²) in [5.41, 5.74) is 4.62. The fourth-order valence-electron chi connectivity index (χ4n) is 4.78. The molecular weight excluding hydrogens is 538 g/mol. The quantitative estimate of drug-likeness (QED) is 0.281. The Kier molecular flexibility index (Phi) is 9.05. The van der Waals surface area contributed by atoms with E-state index in [4.69, 9.17) is 19.4 Å². The predicted octanol–water partition coefficient (Wildman–Crippen LogP) is 4.97. The van der Waals surface area contributed by atoms with Crippen molar-refractivity contribution < 1.29 is 14.3 Å². The number of aryl methyl sites for hydroxylation is 2. The third-order valence-electron chi connectivity index (χ3n) is 6.81. The van der Waals surface area contributed by atoms with E-state index < -0.39 is 0 Å². The van der Waals surface area contributed by atoms with Gasteiger partial charge in [0.2, 0.25) is 11.9 Å². The lowest BCUT2D eigenvalue weighted by atomic mass is 10.1. The van der Waals surface area contributed by atoms with Crippen molar-refractivity contribution in [2.24, 2.45) is 0 Å². The summed E-state index contributed by atoms with van der Waals surface area (Å²) in [5, 5.41) is 4.37. The second-order valence-corrected chi connectivity index (χ2v) is 11.0. The monoisotopic (exact) mass is 573 g/mol. The topological polar surface area (TPSA) is 106 Å². The first-order valence-corrected chi connectivity index (χ1v) is 14.5. The van der Waals surface area contributed by atoms with Crippen LogP contribution in [0.1, 0.15) is 23.9 Å². The highest BCUT2D eigenvalue weighted by atomic mass is 32.1. The van der Waals surface area contributed by atoms with Crippen LogP contribution >= 0.6 is 11.3 Å². The van der Waals surface area contributed by atoms with E-state index in [9.17, 15) is 4.79 Å². The molecular formula is C30H35N7O3S. The fraction of sp³-hybridized carbons (Fsp3) is 0.367. The first-order chi connectivity index (χ1) is 20.0. The number of amides is 1. The summed E-state index contributed by atoms with van der Waals surface area (Å²) in [6, 6.07) is 12.0. The van der Waals surface area contributed by atoms with Crippen LogP contribution in [0.15, 0.2) is 48.8 Å².